The van der Waals surface area contributed by atoms with Gasteiger partial charge >= 0.3 is 0 Å². The smallest absolute Gasteiger partial charge is 0.140 e. The molecule has 1 heterocycles. The van der Waals surface area contributed by atoms with Crippen LogP contribution in [0.3, 0.4) is 0 Å². The molecule has 2 N–H and O–H groups in total. The van der Waals surface area contributed by atoms with Gasteiger partial charge in [-0.15, -0.1) is 0 Å². The van der Waals surface area contributed by atoms with Gasteiger partial charge in [-0.25, -0.2) is 4.98 Å². The van der Waals surface area contributed by atoms with Gasteiger partial charge in [0.2, 0.25) is 0 Å². The molecule has 0 spiro atoms. The zero-order valence-corrected chi connectivity index (χ0v) is 6.99. The minimum Gasteiger partial charge on any atom is -0.330 e. The summed E-state index contributed by atoms with van der Waals surface area (Å²) in [5.41, 5.74) is 6.81. The van der Waals surface area contributed by atoms with E-state index in [4.69, 9.17) is 11.0 Å². The number of nitrogens with zero attached hydrogens (tertiary/aromatic N) is 2. The van der Waals surface area contributed by atoms with Crippen LogP contribution in [-0.2, 0) is 0 Å². The highest BCUT2D eigenvalue weighted by molar-refractivity contribution is 5.23. The van der Waals surface area contributed by atoms with Crippen LogP contribution in [-0.4, -0.2) is 11.5 Å². The van der Waals surface area contributed by atoms with Crippen molar-refractivity contribution < 1.29 is 0 Å². The molecule has 0 bridgehead atoms. The van der Waals surface area contributed by atoms with E-state index >= 15 is 0 Å². The predicted molar refractivity (Wildman–Crippen MR) is 46.4 cm³/mol. The number of hydrogen-bond donors (Lipinski definition) is 1. The van der Waals surface area contributed by atoms with Gasteiger partial charge in [0.1, 0.15) is 11.8 Å². The summed E-state index contributed by atoms with van der Waals surface area (Å²) in [5.74, 6) is 0.221. The third kappa shape index (κ3) is 1.80. The van der Waals surface area contributed by atoms with Crippen molar-refractivity contribution >= 4 is 0 Å². The first-order valence-electron chi connectivity index (χ1n) is 3.85. The van der Waals surface area contributed by atoms with E-state index in [9.17, 15) is 0 Å². The largest absolute Gasteiger partial charge is 0.330 e. The molecule has 1 unspecified atom stereocenters. The predicted octanol–water partition coefficient (Wildman–Crippen LogP) is 1.02. The molecule has 0 aliphatic heterocycles. The van der Waals surface area contributed by atoms with Gasteiger partial charge in [0, 0.05) is 18.2 Å². The molecule has 1 aromatic heterocycles. The third-order valence-corrected chi connectivity index (χ3v) is 1.74. The Hall–Kier alpha value is -1.40. The van der Waals surface area contributed by atoms with Crippen molar-refractivity contribution in [2.75, 3.05) is 6.54 Å². The van der Waals surface area contributed by atoms with Gasteiger partial charge in [-0.2, -0.15) is 5.26 Å². The Morgan fingerprint density at radius 1 is 1.67 bits per heavy atom. The molecule has 0 aliphatic carbocycles. The molecule has 1 atom stereocenters. The Bertz CT molecular complexity index is 301. The van der Waals surface area contributed by atoms with E-state index in [-0.39, 0.29) is 5.92 Å². The van der Waals surface area contributed by atoms with Gasteiger partial charge in [-0.05, 0) is 12.1 Å². The maximum Gasteiger partial charge on any atom is 0.140 e. The summed E-state index contributed by atoms with van der Waals surface area (Å²) < 4.78 is 0. The number of aromatic nitrogens is 1. The zero-order chi connectivity index (χ0) is 8.97. The highest BCUT2D eigenvalue weighted by Gasteiger charge is 2.04. The SMILES string of the molecule is CC(CN)c1cccc(C#N)n1. The fourth-order valence-corrected chi connectivity index (χ4v) is 0.909. The van der Waals surface area contributed by atoms with Crippen LogP contribution < -0.4 is 5.73 Å². The Morgan fingerprint density at radius 2 is 2.42 bits per heavy atom. The van der Waals surface area contributed by atoms with E-state index in [1.165, 1.54) is 0 Å². The van der Waals surface area contributed by atoms with E-state index in [1.807, 2.05) is 25.1 Å². The average Bonchev–Trinajstić information content (AvgIpc) is 2.17. The molecule has 62 valence electrons. The van der Waals surface area contributed by atoms with Crippen molar-refractivity contribution in [1.29, 1.82) is 5.26 Å². The standard InChI is InChI=1S/C9H11N3/c1-7(5-10)9-4-2-3-8(6-11)12-9/h2-4,7H,5,10H2,1H3. The zero-order valence-electron chi connectivity index (χ0n) is 6.99. The molecule has 0 aromatic carbocycles. The molecular weight excluding hydrogens is 150 g/mol. The summed E-state index contributed by atoms with van der Waals surface area (Å²) in [4.78, 5) is 4.12. The molecule has 0 aliphatic rings. The Balaban J connectivity index is 2.95. The Morgan fingerprint density at radius 3 is 3.00 bits per heavy atom. The molecule has 1 rings (SSSR count). The summed E-state index contributed by atoms with van der Waals surface area (Å²) in [6, 6.07) is 7.40. The summed E-state index contributed by atoms with van der Waals surface area (Å²) in [5, 5.41) is 8.57. The van der Waals surface area contributed by atoms with E-state index in [2.05, 4.69) is 4.98 Å². The van der Waals surface area contributed by atoms with E-state index in [0.717, 1.165) is 5.69 Å². The molecule has 3 nitrogen and oxygen atoms in total. The van der Waals surface area contributed by atoms with Crippen LogP contribution in [0.5, 0.6) is 0 Å². The van der Waals surface area contributed by atoms with Crippen molar-refractivity contribution in [3.8, 4) is 6.07 Å². The monoisotopic (exact) mass is 161 g/mol. The molecule has 12 heavy (non-hydrogen) atoms. The van der Waals surface area contributed by atoms with Crippen molar-refractivity contribution in [2.45, 2.75) is 12.8 Å². The average molecular weight is 161 g/mol. The lowest BCUT2D eigenvalue weighted by Gasteiger charge is -2.06. The molecule has 0 saturated heterocycles. The number of pyridine rings is 1. The lowest BCUT2D eigenvalue weighted by Crippen LogP contribution is -2.10. The lowest BCUT2D eigenvalue weighted by molar-refractivity contribution is 0.744. The highest BCUT2D eigenvalue weighted by atomic mass is 14.7. The quantitative estimate of drug-likeness (QED) is 0.704. The molecule has 0 saturated carbocycles. The van der Waals surface area contributed by atoms with Crippen LogP contribution in [0, 0.1) is 11.3 Å². The van der Waals surface area contributed by atoms with Crippen LogP contribution in [0.1, 0.15) is 24.2 Å². The summed E-state index contributed by atoms with van der Waals surface area (Å²) >= 11 is 0. The van der Waals surface area contributed by atoms with Crippen molar-refractivity contribution in [2.24, 2.45) is 5.73 Å². The molecule has 0 fully saturated rings. The number of nitrogens with two attached hydrogens (primary N) is 1. The van der Waals surface area contributed by atoms with Gasteiger partial charge in [-0.3, -0.25) is 0 Å². The van der Waals surface area contributed by atoms with Gasteiger partial charge < -0.3 is 5.73 Å². The fourth-order valence-electron chi connectivity index (χ4n) is 0.909. The normalized spacial score (nSPS) is 12.1. The molecule has 0 amide bonds. The fraction of sp³-hybridized carbons (Fsp3) is 0.333. The second-order valence-electron chi connectivity index (χ2n) is 2.70. The molecule has 0 radical (unpaired) electrons. The Kier molecular flexibility index (Phi) is 2.78. The first kappa shape index (κ1) is 8.69. The summed E-state index contributed by atoms with van der Waals surface area (Å²) in [6.45, 7) is 2.55. The van der Waals surface area contributed by atoms with Crippen LogP contribution in [0.25, 0.3) is 0 Å². The minimum absolute atomic E-state index is 0.221. The van der Waals surface area contributed by atoms with Crippen LogP contribution in [0.2, 0.25) is 0 Å². The maximum absolute atomic E-state index is 8.57. The van der Waals surface area contributed by atoms with Gasteiger partial charge in [-0.1, -0.05) is 13.0 Å². The van der Waals surface area contributed by atoms with Crippen LogP contribution in [0.4, 0.5) is 0 Å². The van der Waals surface area contributed by atoms with E-state index < -0.39 is 0 Å². The molecule has 3 heteroatoms. The minimum atomic E-state index is 0.221. The number of nitriles is 1. The van der Waals surface area contributed by atoms with Crippen molar-refractivity contribution in [3.63, 3.8) is 0 Å². The van der Waals surface area contributed by atoms with Crippen molar-refractivity contribution in [1.82, 2.24) is 4.98 Å². The number of rotatable bonds is 2. The highest BCUT2D eigenvalue weighted by Crippen LogP contribution is 2.10. The molecule has 1 aromatic rings. The molecular formula is C9H11N3. The second-order valence-corrected chi connectivity index (χ2v) is 2.70. The number of hydrogen-bond acceptors (Lipinski definition) is 3. The van der Waals surface area contributed by atoms with E-state index in [0.29, 0.717) is 12.2 Å². The second kappa shape index (κ2) is 3.84. The van der Waals surface area contributed by atoms with Crippen LogP contribution in [0.15, 0.2) is 18.2 Å². The lowest BCUT2D eigenvalue weighted by atomic mass is 10.1. The van der Waals surface area contributed by atoms with Gasteiger partial charge in [0.15, 0.2) is 0 Å². The summed E-state index contributed by atoms with van der Waals surface area (Å²) in [6.07, 6.45) is 0. The summed E-state index contributed by atoms with van der Waals surface area (Å²) in [7, 11) is 0. The van der Waals surface area contributed by atoms with Crippen molar-refractivity contribution in [3.05, 3.63) is 29.6 Å². The topological polar surface area (TPSA) is 62.7 Å². The first-order valence-corrected chi connectivity index (χ1v) is 3.85. The third-order valence-electron chi connectivity index (χ3n) is 1.74. The first-order chi connectivity index (χ1) is 5.77. The van der Waals surface area contributed by atoms with Crippen LogP contribution >= 0.6 is 0 Å². The maximum atomic E-state index is 8.57. The van der Waals surface area contributed by atoms with E-state index in [1.54, 1.807) is 6.07 Å². The van der Waals surface area contributed by atoms with Gasteiger partial charge in [0.05, 0.1) is 0 Å². The van der Waals surface area contributed by atoms with Gasteiger partial charge in [0.25, 0.3) is 0 Å². The Labute approximate surface area is 71.8 Å².